The van der Waals surface area contributed by atoms with Gasteiger partial charge in [-0.25, -0.2) is 0 Å². The van der Waals surface area contributed by atoms with Crippen LogP contribution >= 0.6 is 0 Å². The molecule has 1 unspecified atom stereocenters. The van der Waals surface area contributed by atoms with Gasteiger partial charge >= 0.3 is 5.97 Å². The Labute approximate surface area is 72.6 Å². The Morgan fingerprint density at radius 1 is 1.67 bits per heavy atom. The summed E-state index contributed by atoms with van der Waals surface area (Å²) < 4.78 is 0. The standard InChI is InChI=1S/C8H16N2O2/c1-8(2)5-10(3)4-6(9-8)7(11)12/h6,9H,4-5H2,1-3H3,(H,11,12). The van der Waals surface area contributed by atoms with E-state index in [-0.39, 0.29) is 5.54 Å². The molecule has 1 fully saturated rings. The second kappa shape index (κ2) is 3.03. The molecule has 1 atom stereocenters. The molecule has 0 radical (unpaired) electrons. The quantitative estimate of drug-likeness (QED) is 0.573. The molecule has 1 saturated heterocycles. The molecule has 1 rings (SSSR count). The summed E-state index contributed by atoms with van der Waals surface area (Å²) in [6.45, 7) is 5.49. The third kappa shape index (κ3) is 2.19. The number of nitrogens with zero attached hydrogens (tertiary/aromatic N) is 1. The molecule has 0 spiro atoms. The molecule has 4 heteroatoms. The van der Waals surface area contributed by atoms with Gasteiger partial charge in [0.15, 0.2) is 0 Å². The number of carboxylic acid groups (broad SMARTS) is 1. The average molecular weight is 172 g/mol. The van der Waals surface area contributed by atoms with Crippen LogP contribution in [0, 0.1) is 0 Å². The third-order valence-electron chi connectivity index (χ3n) is 2.02. The van der Waals surface area contributed by atoms with E-state index in [1.165, 1.54) is 0 Å². The first-order chi connectivity index (χ1) is 5.41. The molecule has 1 aliphatic rings. The van der Waals surface area contributed by atoms with Gasteiger partial charge in [-0.2, -0.15) is 0 Å². The zero-order valence-electron chi connectivity index (χ0n) is 7.79. The van der Waals surface area contributed by atoms with Crippen molar-refractivity contribution in [2.75, 3.05) is 20.1 Å². The maximum Gasteiger partial charge on any atom is 0.322 e. The second-order valence-electron chi connectivity index (χ2n) is 4.12. The fourth-order valence-electron chi connectivity index (χ4n) is 1.75. The van der Waals surface area contributed by atoms with Gasteiger partial charge in [0, 0.05) is 18.6 Å². The van der Waals surface area contributed by atoms with Gasteiger partial charge in [-0.3, -0.25) is 10.1 Å². The van der Waals surface area contributed by atoms with Crippen LogP contribution in [0.5, 0.6) is 0 Å². The van der Waals surface area contributed by atoms with Crippen LogP contribution in [0.1, 0.15) is 13.8 Å². The Bertz CT molecular complexity index is 191. The maximum atomic E-state index is 10.7. The van der Waals surface area contributed by atoms with E-state index in [2.05, 4.69) is 5.32 Å². The van der Waals surface area contributed by atoms with Crippen molar-refractivity contribution in [3.8, 4) is 0 Å². The first kappa shape index (κ1) is 9.48. The van der Waals surface area contributed by atoms with Crippen molar-refractivity contribution in [2.24, 2.45) is 0 Å². The molecular formula is C8H16N2O2. The number of carbonyl (C=O) groups is 1. The summed E-state index contributed by atoms with van der Waals surface area (Å²) in [4.78, 5) is 12.7. The lowest BCUT2D eigenvalue weighted by Crippen LogP contribution is -2.63. The molecule has 1 heterocycles. The van der Waals surface area contributed by atoms with Gasteiger partial charge in [0.05, 0.1) is 0 Å². The number of hydrogen-bond donors (Lipinski definition) is 2. The van der Waals surface area contributed by atoms with Crippen molar-refractivity contribution in [3.05, 3.63) is 0 Å². The van der Waals surface area contributed by atoms with Crippen LogP contribution in [0.25, 0.3) is 0 Å². The lowest BCUT2D eigenvalue weighted by atomic mass is 9.99. The number of aliphatic carboxylic acids is 1. The van der Waals surface area contributed by atoms with Crippen molar-refractivity contribution >= 4 is 5.97 Å². The Morgan fingerprint density at radius 2 is 2.25 bits per heavy atom. The lowest BCUT2D eigenvalue weighted by molar-refractivity contribution is -0.141. The number of nitrogens with one attached hydrogen (secondary N) is 1. The largest absolute Gasteiger partial charge is 0.480 e. The van der Waals surface area contributed by atoms with E-state index in [1.807, 2.05) is 25.8 Å². The van der Waals surface area contributed by atoms with Crippen LogP contribution in [0.3, 0.4) is 0 Å². The van der Waals surface area contributed by atoms with Crippen LogP contribution in [-0.2, 0) is 4.79 Å². The van der Waals surface area contributed by atoms with Gasteiger partial charge in [0.2, 0.25) is 0 Å². The SMILES string of the molecule is CN1CC(C(=O)O)NC(C)(C)C1. The molecule has 0 aromatic heterocycles. The monoisotopic (exact) mass is 172 g/mol. The first-order valence-corrected chi connectivity index (χ1v) is 4.10. The summed E-state index contributed by atoms with van der Waals surface area (Å²) in [5.74, 6) is -0.769. The summed E-state index contributed by atoms with van der Waals surface area (Å²) in [7, 11) is 1.94. The maximum absolute atomic E-state index is 10.7. The van der Waals surface area contributed by atoms with E-state index in [4.69, 9.17) is 5.11 Å². The predicted molar refractivity (Wildman–Crippen MR) is 46.1 cm³/mol. The molecule has 70 valence electrons. The van der Waals surface area contributed by atoms with Gasteiger partial charge in [-0.15, -0.1) is 0 Å². The topological polar surface area (TPSA) is 52.6 Å². The smallest absolute Gasteiger partial charge is 0.322 e. The summed E-state index contributed by atoms with van der Waals surface area (Å²) in [5.41, 5.74) is -0.101. The fourth-order valence-corrected chi connectivity index (χ4v) is 1.75. The van der Waals surface area contributed by atoms with Crippen molar-refractivity contribution in [1.82, 2.24) is 10.2 Å². The zero-order chi connectivity index (χ0) is 9.35. The Balaban J connectivity index is 2.64. The molecule has 2 N–H and O–H groups in total. The molecule has 0 saturated carbocycles. The predicted octanol–water partition coefficient (Wildman–Crippen LogP) is -0.247. The lowest BCUT2D eigenvalue weighted by Gasteiger charge is -2.40. The highest BCUT2D eigenvalue weighted by Crippen LogP contribution is 2.12. The summed E-state index contributed by atoms with van der Waals surface area (Å²) >= 11 is 0. The van der Waals surface area contributed by atoms with Gasteiger partial charge in [0.25, 0.3) is 0 Å². The Morgan fingerprint density at radius 3 is 2.67 bits per heavy atom. The zero-order valence-corrected chi connectivity index (χ0v) is 7.79. The number of likely N-dealkylation sites (N-methyl/N-ethyl adjacent to an activating group) is 1. The Kier molecular flexibility index (Phi) is 2.39. The van der Waals surface area contributed by atoms with Crippen LogP contribution < -0.4 is 5.32 Å². The molecule has 0 amide bonds. The minimum absolute atomic E-state index is 0.101. The van der Waals surface area contributed by atoms with Crippen LogP contribution in [-0.4, -0.2) is 47.7 Å². The molecule has 1 aliphatic heterocycles. The van der Waals surface area contributed by atoms with E-state index >= 15 is 0 Å². The van der Waals surface area contributed by atoms with E-state index in [9.17, 15) is 4.79 Å². The molecule has 0 bridgehead atoms. The number of rotatable bonds is 1. The highest BCUT2D eigenvalue weighted by molar-refractivity contribution is 5.74. The summed E-state index contributed by atoms with van der Waals surface area (Å²) in [5, 5.41) is 11.9. The summed E-state index contributed by atoms with van der Waals surface area (Å²) in [6.07, 6.45) is 0. The van der Waals surface area contributed by atoms with E-state index in [0.29, 0.717) is 6.54 Å². The van der Waals surface area contributed by atoms with Crippen molar-refractivity contribution in [1.29, 1.82) is 0 Å². The van der Waals surface area contributed by atoms with Crippen LogP contribution in [0.4, 0.5) is 0 Å². The minimum atomic E-state index is -0.769. The molecule has 0 aliphatic carbocycles. The van der Waals surface area contributed by atoms with Gasteiger partial charge < -0.3 is 10.0 Å². The van der Waals surface area contributed by atoms with Crippen LogP contribution in [0.2, 0.25) is 0 Å². The van der Waals surface area contributed by atoms with Gasteiger partial charge in [-0.1, -0.05) is 0 Å². The number of hydrogen-bond acceptors (Lipinski definition) is 3. The first-order valence-electron chi connectivity index (χ1n) is 4.10. The highest BCUT2D eigenvalue weighted by atomic mass is 16.4. The van der Waals surface area contributed by atoms with Crippen LogP contribution in [0.15, 0.2) is 0 Å². The molecule has 0 aromatic carbocycles. The van der Waals surface area contributed by atoms with E-state index in [0.717, 1.165) is 6.54 Å². The summed E-state index contributed by atoms with van der Waals surface area (Å²) in [6, 6.07) is -0.432. The van der Waals surface area contributed by atoms with Crippen molar-refractivity contribution in [2.45, 2.75) is 25.4 Å². The van der Waals surface area contributed by atoms with E-state index in [1.54, 1.807) is 0 Å². The van der Waals surface area contributed by atoms with E-state index < -0.39 is 12.0 Å². The van der Waals surface area contributed by atoms with Gasteiger partial charge in [-0.05, 0) is 20.9 Å². The molecule has 0 aromatic rings. The molecular weight excluding hydrogens is 156 g/mol. The number of piperazine rings is 1. The van der Waals surface area contributed by atoms with Crippen molar-refractivity contribution in [3.63, 3.8) is 0 Å². The Hall–Kier alpha value is -0.610. The molecule has 12 heavy (non-hydrogen) atoms. The fraction of sp³-hybridized carbons (Fsp3) is 0.875. The van der Waals surface area contributed by atoms with Gasteiger partial charge in [0.1, 0.15) is 6.04 Å². The van der Waals surface area contributed by atoms with Crippen molar-refractivity contribution < 1.29 is 9.90 Å². The number of carboxylic acids is 1. The molecule has 4 nitrogen and oxygen atoms in total. The highest BCUT2D eigenvalue weighted by Gasteiger charge is 2.33. The third-order valence-corrected chi connectivity index (χ3v) is 2.02. The second-order valence-corrected chi connectivity index (χ2v) is 4.12. The average Bonchev–Trinajstić information content (AvgIpc) is 1.82. The minimum Gasteiger partial charge on any atom is -0.480 e. The normalized spacial score (nSPS) is 30.1.